The van der Waals surface area contributed by atoms with E-state index in [0.29, 0.717) is 5.06 Å². The maximum Gasteiger partial charge on any atom is 0.0768 e. The summed E-state index contributed by atoms with van der Waals surface area (Å²) in [5.74, 6) is 0. The molecule has 1 heterocycles. The summed E-state index contributed by atoms with van der Waals surface area (Å²) < 4.78 is 0. The van der Waals surface area contributed by atoms with Crippen LogP contribution in [0.15, 0.2) is 0 Å². The van der Waals surface area contributed by atoms with Crippen molar-refractivity contribution in [2.24, 2.45) is 0 Å². The Morgan fingerprint density at radius 2 is 1.22 bits per heavy atom. The van der Waals surface area contributed by atoms with Crippen LogP contribution in [-0.4, -0.2) is 13.1 Å². The molecule has 0 bridgehead atoms. The van der Waals surface area contributed by atoms with Crippen molar-refractivity contribution in [3.8, 4) is 0 Å². The minimum Gasteiger partial charge on any atom is -0.634 e. The molecule has 54 valence electrons. The van der Waals surface area contributed by atoms with E-state index in [4.69, 9.17) is 0 Å². The van der Waals surface area contributed by atoms with Gasteiger partial charge in [0.2, 0.25) is 0 Å². The predicted molar refractivity (Wildman–Crippen MR) is 37.1 cm³/mol. The number of quaternary nitrogens is 1. The first-order valence-electron chi connectivity index (χ1n) is 3.91. The Labute approximate surface area is 56.4 Å². The van der Waals surface area contributed by atoms with Crippen LogP contribution in [0.4, 0.5) is 0 Å². The maximum absolute atomic E-state index is 10.8. The van der Waals surface area contributed by atoms with Gasteiger partial charge in [-0.1, -0.05) is 6.42 Å². The molecule has 1 saturated heterocycles. The summed E-state index contributed by atoms with van der Waals surface area (Å²) in [6, 6.07) is 0. The number of hydrogen-bond acceptors (Lipinski definition) is 1. The lowest BCUT2D eigenvalue weighted by Gasteiger charge is -2.23. The van der Waals surface area contributed by atoms with Crippen molar-refractivity contribution in [3.05, 3.63) is 5.21 Å². The summed E-state index contributed by atoms with van der Waals surface area (Å²) in [5.41, 5.74) is 0. The Morgan fingerprint density at radius 3 is 1.78 bits per heavy atom. The lowest BCUT2D eigenvalue weighted by molar-refractivity contribution is -0.849. The van der Waals surface area contributed by atoms with E-state index >= 15 is 0 Å². The average Bonchev–Trinajstić information content (AvgIpc) is 1.79. The summed E-state index contributed by atoms with van der Waals surface area (Å²) in [6.45, 7) is 1.69. The SMILES string of the molecule is [O-][NH+]1CCCCCCC1. The van der Waals surface area contributed by atoms with Crippen LogP contribution in [0.5, 0.6) is 0 Å². The third kappa shape index (κ3) is 2.82. The molecule has 1 fully saturated rings. The maximum atomic E-state index is 10.8. The fourth-order valence-corrected chi connectivity index (χ4v) is 1.30. The molecule has 2 nitrogen and oxygen atoms in total. The van der Waals surface area contributed by atoms with Crippen LogP contribution in [0.2, 0.25) is 0 Å². The molecule has 0 unspecified atom stereocenters. The Kier molecular flexibility index (Phi) is 3.01. The fourth-order valence-electron chi connectivity index (χ4n) is 1.30. The van der Waals surface area contributed by atoms with Crippen molar-refractivity contribution in [1.29, 1.82) is 0 Å². The second-order valence-electron chi connectivity index (χ2n) is 2.81. The molecule has 1 N–H and O–H groups in total. The van der Waals surface area contributed by atoms with Gasteiger partial charge in [-0.05, 0) is 25.7 Å². The summed E-state index contributed by atoms with van der Waals surface area (Å²) in [4.78, 5) is 0. The zero-order chi connectivity index (χ0) is 6.53. The van der Waals surface area contributed by atoms with Crippen molar-refractivity contribution in [2.75, 3.05) is 13.1 Å². The molecule has 0 aliphatic carbocycles. The summed E-state index contributed by atoms with van der Waals surface area (Å²) in [5, 5.41) is 11.3. The van der Waals surface area contributed by atoms with E-state index in [1.807, 2.05) is 0 Å². The van der Waals surface area contributed by atoms with E-state index in [2.05, 4.69) is 0 Å². The molecule has 1 aliphatic heterocycles. The topological polar surface area (TPSA) is 27.5 Å². The standard InChI is InChI=1S/C7H15NO/c9-8-6-4-2-1-3-5-7-8/h8H,1-7H2. The van der Waals surface area contributed by atoms with Crippen molar-refractivity contribution in [3.63, 3.8) is 0 Å². The Hall–Kier alpha value is -0.0800. The Bertz CT molecular complexity index is 67.3. The third-order valence-electron chi connectivity index (χ3n) is 1.91. The molecule has 0 aromatic heterocycles. The highest BCUT2D eigenvalue weighted by Gasteiger charge is 2.01. The summed E-state index contributed by atoms with van der Waals surface area (Å²) in [7, 11) is 0. The number of nitrogens with one attached hydrogen (secondary N) is 1. The van der Waals surface area contributed by atoms with Crippen LogP contribution >= 0.6 is 0 Å². The van der Waals surface area contributed by atoms with Crippen LogP contribution in [0, 0.1) is 5.21 Å². The first-order chi connectivity index (χ1) is 4.39. The molecule has 0 saturated carbocycles. The molecule has 2 heteroatoms. The van der Waals surface area contributed by atoms with Crippen molar-refractivity contribution < 1.29 is 5.06 Å². The zero-order valence-corrected chi connectivity index (χ0v) is 5.86. The number of hydroxylamine groups is 2. The predicted octanol–water partition coefficient (Wildman–Crippen LogP) is 0.333. The third-order valence-corrected chi connectivity index (χ3v) is 1.91. The van der Waals surface area contributed by atoms with Gasteiger partial charge in [-0.15, -0.1) is 0 Å². The molecule has 0 aromatic carbocycles. The molecule has 1 rings (SSSR count). The van der Waals surface area contributed by atoms with Crippen molar-refractivity contribution >= 4 is 0 Å². The van der Waals surface area contributed by atoms with E-state index < -0.39 is 0 Å². The van der Waals surface area contributed by atoms with E-state index in [-0.39, 0.29) is 0 Å². The molecule has 0 amide bonds. The molecule has 0 atom stereocenters. The second kappa shape index (κ2) is 3.85. The smallest absolute Gasteiger partial charge is 0.0768 e. The Balaban J connectivity index is 2.12. The second-order valence-corrected chi connectivity index (χ2v) is 2.81. The monoisotopic (exact) mass is 129 g/mol. The van der Waals surface area contributed by atoms with Gasteiger partial charge in [0.15, 0.2) is 0 Å². The summed E-state index contributed by atoms with van der Waals surface area (Å²) in [6.07, 6.45) is 6.16. The lowest BCUT2D eigenvalue weighted by atomic mass is 10.1. The van der Waals surface area contributed by atoms with Crippen molar-refractivity contribution in [2.45, 2.75) is 32.1 Å². The largest absolute Gasteiger partial charge is 0.634 e. The van der Waals surface area contributed by atoms with Crippen LogP contribution in [0.3, 0.4) is 0 Å². The first-order valence-corrected chi connectivity index (χ1v) is 3.91. The first kappa shape index (κ1) is 7.03. The van der Waals surface area contributed by atoms with E-state index in [0.717, 1.165) is 25.9 Å². The van der Waals surface area contributed by atoms with Gasteiger partial charge in [-0.2, -0.15) is 0 Å². The fraction of sp³-hybridized carbons (Fsp3) is 1.00. The van der Waals surface area contributed by atoms with Gasteiger partial charge in [0.1, 0.15) is 0 Å². The van der Waals surface area contributed by atoms with E-state index in [9.17, 15) is 5.21 Å². The van der Waals surface area contributed by atoms with Crippen molar-refractivity contribution in [1.82, 2.24) is 0 Å². The van der Waals surface area contributed by atoms with Gasteiger partial charge in [0.05, 0.1) is 13.1 Å². The van der Waals surface area contributed by atoms with Gasteiger partial charge < -0.3 is 10.3 Å². The van der Waals surface area contributed by atoms with Crippen LogP contribution < -0.4 is 5.06 Å². The summed E-state index contributed by atoms with van der Waals surface area (Å²) >= 11 is 0. The molecule has 1 aliphatic rings. The average molecular weight is 129 g/mol. The zero-order valence-electron chi connectivity index (χ0n) is 5.86. The highest BCUT2D eigenvalue weighted by atomic mass is 16.5. The quantitative estimate of drug-likeness (QED) is 0.469. The van der Waals surface area contributed by atoms with Gasteiger partial charge in [0.25, 0.3) is 0 Å². The molecular formula is C7H15NO. The minimum absolute atomic E-state index is 0.481. The minimum atomic E-state index is 0.481. The highest BCUT2D eigenvalue weighted by Crippen LogP contribution is 2.02. The lowest BCUT2D eigenvalue weighted by Crippen LogP contribution is -3.07. The molecule has 0 radical (unpaired) electrons. The van der Waals surface area contributed by atoms with E-state index in [1.54, 1.807) is 0 Å². The van der Waals surface area contributed by atoms with Gasteiger partial charge in [0, 0.05) is 0 Å². The number of rotatable bonds is 0. The van der Waals surface area contributed by atoms with Gasteiger partial charge in [-0.3, -0.25) is 0 Å². The van der Waals surface area contributed by atoms with Crippen LogP contribution in [0.25, 0.3) is 0 Å². The molecular weight excluding hydrogens is 114 g/mol. The Morgan fingerprint density at radius 1 is 0.778 bits per heavy atom. The molecule has 9 heavy (non-hydrogen) atoms. The highest BCUT2D eigenvalue weighted by molar-refractivity contribution is 4.46. The molecule has 0 aromatic rings. The van der Waals surface area contributed by atoms with Crippen LogP contribution in [0.1, 0.15) is 32.1 Å². The normalized spacial score (nSPS) is 25.0. The van der Waals surface area contributed by atoms with Gasteiger partial charge >= 0.3 is 0 Å². The molecule has 0 spiro atoms. The van der Waals surface area contributed by atoms with Crippen LogP contribution in [-0.2, 0) is 0 Å². The van der Waals surface area contributed by atoms with Gasteiger partial charge in [-0.25, -0.2) is 0 Å². The number of hydrogen-bond donors (Lipinski definition) is 1. The van der Waals surface area contributed by atoms with E-state index in [1.165, 1.54) is 19.3 Å².